The first kappa shape index (κ1) is 20.2. The number of nitriles is 1. The van der Waals surface area contributed by atoms with Crippen molar-refractivity contribution in [2.45, 2.75) is 26.3 Å². The second-order valence-corrected chi connectivity index (χ2v) is 7.48. The van der Waals surface area contributed by atoms with Gasteiger partial charge in [0.1, 0.15) is 11.7 Å². The molecule has 10 nitrogen and oxygen atoms in total. The maximum absolute atomic E-state index is 11.8. The molecular weight excluding hydrogens is 396 g/mol. The van der Waals surface area contributed by atoms with E-state index >= 15 is 0 Å². The maximum atomic E-state index is 11.8. The molecule has 31 heavy (non-hydrogen) atoms. The minimum absolute atomic E-state index is 0.0329. The van der Waals surface area contributed by atoms with E-state index in [1.165, 1.54) is 0 Å². The van der Waals surface area contributed by atoms with Crippen LogP contribution in [0, 0.1) is 17.2 Å². The molecular formula is C21H22N8O2. The Bertz CT molecular complexity index is 1200. The zero-order chi connectivity index (χ0) is 21.8. The molecule has 1 atom stereocenters. The van der Waals surface area contributed by atoms with Crippen LogP contribution in [0.25, 0.3) is 16.5 Å². The molecule has 0 aliphatic heterocycles. The Morgan fingerprint density at radius 2 is 2.23 bits per heavy atom. The average molecular weight is 418 g/mol. The Kier molecular flexibility index (Phi) is 5.66. The fraction of sp³-hybridized carbons (Fsp3) is 0.286. The third-order valence-electron chi connectivity index (χ3n) is 4.69. The summed E-state index contributed by atoms with van der Waals surface area (Å²) in [7, 11) is 0. The van der Waals surface area contributed by atoms with E-state index in [9.17, 15) is 10.1 Å². The molecule has 1 aliphatic carbocycles. The smallest absolute Gasteiger partial charge is 0.258 e. The fourth-order valence-electron chi connectivity index (χ4n) is 3.25. The van der Waals surface area contributed by atoms with Gasteiger partial charge in [-0.25, -0.2) is 0 Å². The highest BCUT2D eigenvalue weighted by Crippen LogP contribution is 2.30. The van der Waals surface area contributed by atoms with Crippen LogP contribution in [0.3, 0.4) is 0 Å². The largest absolute Gasteiger partial charge is 0.487 e. The molecule has 0 radical (unpaired) electrons. The molecule has 3 aromatic rings. The Balaban J connectivity index is 1.44. The van der Waals surface area contributed by atoms with Crippen LogP contribution in [0.1, 0.15) is 26.1 Å². The minimum Gasteiger partial charge on any atom is -0.487 e. The summed E-state index contributed by atoms with van der Waals surface area (Å²) < 4.78 is 5.56. The van der Waals surface area contributed by atoms with Gasteiger partial charge in [0.2, 0.25) is 5.95 Å². The number of benzene rings is 1. The van der Waals surface area contributed by atoms with Gasteiger partial charge in [-0.3, -0.25) is 9.89 Å². The number of carbonyl (C=O) groups excluding carboxylic acids is 1. The maximum Gasteiger partial charge on any atom is 0.258 e. The molecule has 0 spiro atoms. The summed E-state index contributed by atoms with van der Waals surface area (Å²) in [5, 5.41) is 31.7. The molecule has 1 aromatic carbocycles. The average Bonchev–Trinajstić information content (AvgIpc) is 3.41. The van der Waals surface area contributed by atoms with Crippen LogP contribution in [0.5, 0.6) is 0 Å². The van der Waals surface area contributed by atoms with E-state index in [2.05, 4.69) is 42.1 Å². The summed E-state index contributed by atoms with van der Waals surface area (Å²) in [6.07, 6.45) is 5.69. The Labute approximate surface area is 178 Å². The lowest BCUT2D eigenvalue weighted by molar-refractivity contribution is -0.125. The van der Waals surface area contributed by atoms with E-state index in [0.29, 0.717) is 24.0 Å². The highest BCUT2D eigenvalue weighted by Gasteiger charge is 2.24. The van der Waals surface area contributed by atoms with Crippen LogP contribution in [-0.4, -0.2) is 43.9 Å². The zero-order valence-corrected chi connectivity index (χ0v) is 17.1. The van der Waals surface area contributed by atoms with E-state index in [1.54, 1.807) is 12.3 Å². The van der Waals surface area contributed by atoms with Gasteiger partial charge in [-0.2, -0.15) is 10.4 Å². The van der Waals surface area contributed by atoms with Crippen molar-refractivity contribution in [3.63, 3.8) is 0 Å². The number of rotatable bonds is 7. The SMILES string of the molecule is CC(C)NC(=O)COC1=CC=C(c2nnc(Nc3ccc4[nH]ncc4c3)[nH]2)CC1C#N. The normalized spacial score (nSPS) is 15.9. The van der Waals surface area contributed by atoms with Gasteiger partial charge in [0.25, 0.3) is 5.91 Å². The number of anilines is 2. The Morgan fingerprint density at radius 1 is 1.35 bits per heavy atom. The predicted molar refractivity (Wildman–Crippen MR) is 115 cm³/mol. The Hall–Kier alpha value is -4.13. The lowest BCUT2D eigenvalue weighted by Gasteiger charge is -2.19. The van der Waals surface area contributed by atoms with E-state index in [0.717, 1.165) is 22.2 Å². The monoisotopic (exact) mass is 418 g/mol. The number of H-pyrrole nitrogens is 2. The Morgan fingerprint density at radius 3 is 3.03 bits per heavy atom. The number of fused-ring (bicyclic) bond motifs is 1. The molecule has 1 aliphatic rings. The minimum atomic E-state index is -0.503. The number of allylic oxidation sites excluding steroid dienone is 4. The van der Waals surface area contributed by atoms with Gasteiger partial charge in [-0.15, -0.1) is 10.2 Å². The van der Waals surface area contributed by atoms with Crippen molar-refractivity contribution in [2.75, 3.05) is 11.9 Å². The van der Waals surface area contributed by atoms with Crippen molar-refractivity contribution < 1.29 is 9.53 Å². The summed E-state index contributed by atoms with van der Waals surface area (Å²) in [5.74, 6) is 0.804. The summed E-state index contributed by atoms with van der Waals surface area (Å²) in [6.45, 7) is 3.63. The predicted octanol–water partition coefficient (Wildman–Crippen LogP) is 2.78. The number of nitrogens with one attached hydrogen (secondary N) is 4. The quantitative estimate of drug-likeness (QED) is 0.462. The highest BCUT2D eigenvalue weighted by molar-refractivity contribution is 5.82. The second-order valence-electron chi connectivity index (χ2n) is 7.48. The third-order valence-corrected chi connectivity index (χ3v) is 4.69. The second kappa shape index (κ2) is 8.71. The molecule has 1 unspecified atom stereocenters. The number of aromatic nitrogens is 5. The summed E-state index contributed by atoms with van der Waals surface area (Å²) in [4.78, 5) is 14.9. The molecule has 0 bridgehead atoms. The highest BCUT2D eigenvalue weighted by atomic mass is 16.5. The van der Waals surface area contributed by atoms with Crippen LogP contribution in [0.2, 0.25) is 0 Å². The van der Waals surface area contributed by atoms with Crippen LogP contribution in [0.4, 0.5) is 11.6 Å². The summed E-state index contributed by atoms with van der Waals surface area (Å²) in [6, 6.07) is 8.05. The lowest BCUT2D eigenvalue weighted by Crippen LogP contribution is -2.33. The van der Waals surface area contributed by atoms with Crippen LogP contribution >= 0.6 is 0 Å². The van der Waals surface area contributed by atoms with Crippen LogP contribution in [0.15, 0.2) is 42.3 Å². The number of hydrogen-bond acceptors (Lipinski definition) is 7. The summed E-state index contributed by atoms with van der Waals surface area (Å²) in [5.41, 5.74) is 2.63. The van der Waals surface area contributed by atoms with Crippen molar-refractivity contribution in [2.24, 2.45) is 5.92 Å². The van der Waals surface area contributed by atoms with Gasteiger partial charge in [-0.05, 0) is 50.1 Å². The van der Waals surface area contributed by atoms with E-state index < -0.39 is 5.92 Å². The van der Waals surface area contributed by atoms with Gasteiger partial charge in [0, 0.05) is 17.1 Å². The molecule has 4 N–H and O–H groups in total. The first-order valence-electron chi connectivity index (χ1n) is 9.87. The molecule has 0 saturated carbocycles. The van der Waals surface area contributed by atoms with Gasteiger partial charge in [-0.1, -0.05) is 6.08 Å². The summed E-state index contributed by atoms with van der Waals surface area (Å²) >= 11 is 0. The molecule has 4 rings (SSSR count). The molecule has 0 fully saturated rings. The van der Waals surface area contributed by atoms with Gasteiger partial charge in [0.05, 0.1) is 17.8 Å². The standard InChI is InChI=1S/C21H22N8O2/c1-12(2)24-19(30)11-31-18-6-3-13(7-14(18)9-22)20-26-21(29-28-20)25-16-4-5-17-15(8-16)10-23-27-17/h3-6,8,10,12,14H,7,11H2,1-2H3,(H,23,27)(H,24,30)(H2,25,26,28,29). The van der Waals surface area contributed by atoms with Gasteiger partial charge in [0.15, 0.2) is 12.4 Å². The zero-order valence-electron chi connectivity index (χ0n) is 17.1. The van der Waals surface area contributed by atoms with Crippen molar-refractivity contribution in [3.05, 3.63) is 48.1 Å². The topological polar surface area (TPSA) is 144 Å². The number of amides is 1. The van der Waals surface area contributed by atoms with Crippen molar-refractivity contribution in [3.8, 4) is 6.07 Å². The van der Waals surface area contributed by atoms with Gasteiger partial charge >= 0.3 is 0 Å². The number of ether oxygens (including phenoxy) is 1. The molecule has 158 valence electrons. The number of nitrogens with zero attached hydrogens (tertiary/aromatic N) is 4. The molecule has 0 saturated heterocycles. The molecule has 1 amide bonds. The molecule has 10 heteroatoms. The van der Waals surface area contributed by atoms with Crippen molar-refractivity contribution >= 4 is 34.0 Å². The van der Waals surface area contributed by atoms with Gasteiger partial charge < -0.3 is 20.4 Å². The van der Waals surface area contributed by atoms with Crippen molar-refractivity contribution in [1.82, 2.24) is 30.7 Å². The van der Waals surface area contributed by atoms with E-state index in [-0.39, 0.29) is 18.6 Å². The number of carbonyl (C=O) groups is 1. The first-order chi connectivity index (χ1) is 15.0. The molecule has 2 heterocycles. The fourth-order valence-corrected chi connectivity index (χ4v) is 3.25. The number of hydrogen-bond donors (Lipinski definition) is 4. The number of aromatic amines is 2. The first-order valence-corrected chi connectivity index (χ1v) is 9.87. The lowest BCUT2D eigenvalue weighted by atomic mass is 9.93. The molecule has 2 aromatic heterocycles. The van der Waals surface area contributed by atoms with E-state index in [1.807, 2.05) is 38.1 Å². The van der Waals surface area contributed by atoms with E-state index in [4.69, 9.17) is 4.74 Å². The van der Waals surface area contributed by atoms with Crippen LogP contribution < -0.4 is 10.6 Å². The van der Waals surface area contributed by atoms with Crippen LogP contribution in [-0.2, 0) is 9.53 Å². The van der Waals surface area contributed by atoms with Crippen molar-refractivity contribution in [1.29, 1.82) is 5.26 Å². The third kappa shape index (κ3) is 4.72.